The molecule has 0 amide bonds. The fourth-order valence-electron chi connectivity index (χ4n) is 2.52. The molecule has 0 bridgehead atoms. The fraction of sp³-hybridized carbons (Fsp3) is 0.167. The van der Waals surface area contributed by atoms with Crippen molar-refractivity contribution in [3.05, 3.63) is 71.7 Å². The molecule has 0 N–H and O–H groups in total. The average Bonchev–Trinajstić information content (AvgIpc) is 2.87. The lowest BCUT2D eigenvalue weighted by Crippen LogP contribution is -2.05. The van der Waals surface area contributed by atoms with Crippen molar-refractivity contribution in [1.82, 2.24) is 4.57 Å². The lowest BCUT2D eigenvalue weighted by Gasteiger charge is -2.05. The van der Waals surface area contributed by atoms with Crippen LogP contribution in [0.25, 0.3) is 10.9 Å². The van der Waals surface area contributed by atoms with Gasteiger partial charge in [-0.25, -0.2) is 4.39 Å². The zero-order valence-corrected chi connectivity index (χ0v) is 11.8. The minimum absolute atomic E-state index is 0.0314. The van der Waals surface area contributed by atoms with Gasteiger partial charge in [-0.2, -0.15) is 0 Å². The largest absolute Gasteiger partial charge is 0.347 e. The number of carbonyl (C=O) groups is 1. The molecule has 3 rings (SSSR count). The van der Waals surface area contributed by atoms with Gasteiger partial charge in [0.15, 0.2) is 5.78 Å². The van der Waals surface area contributed by atoms with E-state index in [0.717, 1.165) is 5.52 Å². The van der Waals surface area contributed by atoms with Crippen molar-refractivity contribution in [2.24, 2.45) is 0 Å². The second-order valence-electron chi connectivity index (χ2n) is 5.25. The molecule has 106 valence electrons. The molecule has 0 saturated carbocycles. The fourth-order valence-corrected chi connectivity index (χ4v) is 2.52. The Labute approximate surface area is 122 Å². The number of nitrogens with zero attached hydrogens (tertiary/aromatic N) is 1. The summed E-state index contributed by atoms with van der Waals surface area (Å²) in [6.45, 7) is 2.69. The predicted octanol–water partition coefficient (Wildman–Crippen LogP) is 4.36. The standard InChI is InChI=1S/C18H16FNO/c1-13-2-7-17-15(12-13)8-10-20(17)11-9-18(21)14-3-5-16(19)6-4-14/h2-8,10,12H,9,11H2,1H3. The van der Waals surface area contributed by atoms with E-state index in [2.05, 4.69) is 35.8 Å². The summed E-state index contributed by atoms with van der Waals surface area (Å²) in [6.07, 6.45) is 2.41. The van der Waals surface area contributed by atoms with Crippen LogP contribution in [-0.2, 0) is 6.54 Å². The van der Waals surface area contributed by atoms with Crippen LogP contribution in [0, 0.1) is 12.7 Å². The van der Waals surface area contributed by atoms with Crippen LogP contribution in [0.15, 0.2) is 54.7 Å². The van der Waals surface area contributed by atoms with Gasteiger partial charge in [0.2, 0.25) is 0 Å². The number of hydrogen-bond acceptors (Lipinski definition) is 1. The Morgan fingerprint density at radius 1 is 1.10 bits per heavy atom. The highest BCUT2D eigenvalue weighted by atomic mass is 19.1. The third-order valence-corrected chi connectivity index (χ3v) is 3.67. The van der Waals surface area contributed by atoms with Crippen molar-refractivity contribution in [1.29, 1.82) is 0 Å². The Bertz CT molecular complexity index is 787. The highest BCUT2D eigenvalue weighted by Gasteiger charge is 2.07. The molecule has 2 nitrogen and oxygen atoms in total. The van der Waals surface area contributed by atoms with E-state index in [0.29, 0.717) is 18.5 Å². The molecule has 0 saturated heterocycles. The highest BCUT2D eigenvalue weighted by Crippen LogP contribution is 2.18. The van der Waals surface area contributed by atoms with Gasteiger partial charge in [-0.05, 0) is 54.8 Å². The SMILES string of the molecule is Cc1ccc2c(ccn2CCC(=O)c2ccc(F)cc2)c1. The Hall–Kier alpha value is -2.42. The van der Waals surface area contributed by atoms with Crippen LogP contribution in [-0.4, -0.2) is 10.4 Å². The Morgan fingerprint density at radius 2 is 1.86 bits per heavy atom. The van der Waals surface area contributed by atoms with E-state index in [1.807, 2.05) is 6.20 Å². The van der Waals surface area contributed by atoms with Gasteiger partial charge in [-0.3, -0.25) is 4.79 Å². The summed E-state index contributed by atoms with van der Waals surface area (Å²) in [5, 5.41) is 1.18. The number of aromatic nitrogens is 1. The van der Waals surface area contributed by atoms with E-state index in [4.69, 9.17) is 0 Å². The van der Waals surface area contributed by atoms with E-state index in [1.54, 1.807) is 0 Å². The first-order valence-electron chi connectivity index (χ1n) is 6.98. The molecule has 0 aliphatic carbocycles. The van der Waals surface area contributed by atoms with Crippen LogP contribution < -0.4 is 0 Å². The third kappa shape index (κ3) is 2.87. The van der Waals surface area contributed by atoms with Gasteiger partial charge < -0.3 is 4.57 Å². The van der Waals surface area contributed by atoms with Crippen LogP contribution in [0.4, 0.5) is 4.39 Å². The lowest BCUT2D eigenvalue weighted by atomic mass is 10.1. The van der Waals surface area contributed by atoms with Gasteiger partial charge in [-0.15, -0.1) is 0 Å². The number of halogens is 1. The first kappa shape index (κ1) is 13.6. The maximum Gasteiger partial charge on any atom is 0.164 e. The highest BCUT2D eigenvalue weighted by molar-refractivity contribution is 5.96. The molecule has 0 radical (unpaired) electrons. The normalized spacial score (nSPS) is 11.0. The maximum atomic E-state index is 12.9. The van der Waals surface area contributed by atoms with Crippen molar-refractivity contribution >= 4 is 16.7 Å². The van der Waals surface area contributed by atoms with Gasteiger partial charge in [0.1, 0.15) is 5.82 Å². The van der Waals surface area contributed by atoms with E-state index in [9.17, 15) is 9.18 Å². The van der Waals surface area contributed by atoms with Crippen molar-refractivity contribution in [3.63, 3.8) is 0 Å². The minimum atomic E-state index is -0.321. The number of aryl methyl sites for hydroxylation is 2. The molecule has 0 unspecified atom stereocenters. The summed E-state index contributed by atoms with van der Waals surface area (Å²) in [7, 11) is 0. The summed E-state index contributed by atoms with van der Waals surface area (Å²) in [4.78, 5) is 12.1. The zero-order chi connectivity index (χ0) is 14.8. The molecule has 3 aromatic rings. The number of benzene rings is 2. The van der Waals surface area contributed by atoms with E-state index in [-0.39, 0.29) is 11.6 Å². The van der Waals surface area contributed by atoms with Crippen molar-refractivity contribution in [3.8, 4) is 0 Å². The van der Waals surface area contributed by atoms with Crippen molar-refractivity contribution in [2.75, 3.05) is 0 Å². The van der Waals surface area contributed by atoms with Crippen LogP contribution in [0.5, 0.6) is 0 Å². The Morgan fingerprint density at radius 3 is 2.62 bits per heavy atom. The Balaban J connectivity index is 1.74. The van der Waals surface area contributed by atoms with Gasteiger partial charge in [0, 0.05) is 30.2 Å². The number of Topliss-reactive ketones (excluding diaryl/α,β-unsaturated/α-hetero) is 1. The van der Waals surface area contributed by atoms with E-state index < -0.39 is 0 Å². The molecule has 0 fully saturated rings. The molecule has 0 spiro atoms. The summed E-state index contributed by atoms with van der Waals surface area (Å²) < 4.78 is 14.9. The molecule has 0 aliphatic rings. The van der Waals surface area contributed by atoms with Gasteiger partial charge in [-0.1, -0.05) is 11.6 Å². The summed E-state index contributed by atoms with van der Waals surface area (Å²) in [6, 6.07) is 14.1. The second-order valence-corrected chi connectivity index (χ2v) is 5.25. The minimum Gasteiger partial charge on any atom is -0.347 e. The number of fused-ring (bicyclic) bond motifs is 1. The first-order valence-corrected chi connectivity index (χ1v) is 6.98. The first-order chi connectivity index (χ1) is 10.1. The summed E-state index contributed by atoms with van der Waals surface area (Å²) in [5.74, 6) is -0.290. The van der Waals surface area contributed by atoms with Gasteiger partial charge >= 0.3 is 0 Å². The number of hydrogen-bond donors (Lipinski definition) is 0. The quantitative estimate of drug-likeness (QED) is 0.651. The molecule has 2 aromatic carbocycles. The zero-order valence-electron chi connectivity index (χ0n) is 11.8. The molecular weight excluding hydrogens is 265 g/mol. The summed E-state index contributed by atoms with van der Waals surface area (Å²) >= 11 is 0. The van der Waals surface area contributed by atoms with E-state index in [1.165, 1.54) is 35.2 Å². The van der Waals surface area contributed by atoms with Crippen LogP contribution in [0.3, 0.4) is 0 Å². The van der Waals surface area contributed by atoms with Crippen molar-refractivity contribution < 1.29 is 9.18 Å². The third-order valence-electron chi connectivity index (χ3n) is 3.67. The predicted molar refractivity (Wildman–Crippen MR) is 82.0 cm³/mol. The van der Waals surface area contributed by atoms with Gasteiger partial charge in [0.25, 0.3) is 0 Å². The topological polar surface area (TPSA) is 22.0 Å². The van der Waals surface area contributed by atoms with Gasteiger partial charge in [0.05, 0.1) is 0 Å². The molecule has 21 heavy (non-hydrogen) atoms. The molecule has 0 atom stereocenters. The average molecular weight is 281 g/mol. The smallest absolute Gasteiger partial charge is 0.164 e. The number of ketones is 1. The molecule has 1 heterocycles. The molecule has 3 heteroatoms. The van der Waals surface area contributed by atoms with Crippen LogP contribution in [0.1, 0.15) is 22.3 Å². The van der Waals surface area contributed by atoms with E-state index >= 15 is 0 Å². The number of rotatable bonds is 4. The summed E-state index contributed by atoms with van der Waals surface area (Å²) in [5.41, 5.74) is 2.92. The maximum absolute atomic E-state index is 12.9. The molecule has 0 aliphatic heterocycles. The monoisotopic (exact) mass is 281 g/mol. The second kappa shape index (κ2) is 5.52. The Kier molecular flexibility index (Phi) is 3.57. The molecular formula is C18H16FNO. The van der Waals surface area contributed by atoms with Crippen molar-refractivity contribution in [2.45, 2.75) is 19.9 Å². The lowest BCUT2D eigenvalue weighted by molar-refractivity contribution is 0.0977. The molecule has 1 aromatic heterocycles. The number of carbonyl (C=O) groups excluding carboxylic acids is 1. The van der Waals surface area contributed by atoms with Crippen LogP contribution in [0.2, 0.25) is 0 Å². The van der Waals surface area contributed by atoms with Crippen LogP contribution >= 0.6 is 0 Å².